The van der Waals surface area contributed by atoms with Crippen LogP contribution in [-0.2, 0) is 14.3 Å². The minimum atomic E-state index is -0.374. The van der Waals surface area contributed by atoms with E-state index in [1.165, 1.54) is 5.56 Å². The number of nitrogens with one attached hydrogen (secondary N) is 1. The van der Waals surface area contributed by atoms with Crippen molar-refractivity contribution in [3.8, 4) is 0 Å². The van der Waals surface area contributed by atoms with E-state index in [2.05, 4.69) is 29.6 Å². The Morgan fingerprint density at radius 1 is 1.13 bits per heavy atom. The topological polar surface area (TPSA) is 55.4 Å². The molecule has 0 bridgehead atoms. The molecule has 0 atom stereocenters. The lowest BCUT2D eigenvalue weighted by atomic mass is 9.77. The molecule has 0 heterocycles. The predicted molar refractivity (Wildman–Crippen MR) is 90.0 cm³/mol. The Morgan fingerprint density at radius 2 is 1.78 bits per heavy atom. The standard InChI is InChI=1S/C19H27NO3/c1-14(2)23-19(22)13-20-18(21)12-15-8-10-17(11-9-15)16-6-4-3-5-7-16/h3-7,14-15,17H,8-13H2,1-2H3,(H,20,21). The molecule has 1 amide bonds. The molecular formula is C19H27NO3. The van der Waals surface area contributed by atoms with Gasteiger partial charge in [-0.15, -0.1) is 0 Å². The number of carbonyl (C=O) groups excluding carboxylic acids is 2. The van der Waals surface area contributed by atoms with Crippen molar-refractivity contribution in [3.63, 3.8) is 0 Å². The maximum atomic E-state index is 11.9. The zero-order valence-corrected chi connectivity index (χ0v) is 14.1. The summed E-state index contributed by atoms with van der Waals surface area (Å²) >= 11 is 0. The van der Waals surface area contributed by atoms with Crippen molar-refractivity contribution in [2.45, 2.75) is 58.0 Å². The van der Waals surface area contributed by atoms with Crippen molar-refractivity contribution >= 4 is 11.9 Å². The monoisotopic (exact) mass is 317 g/mol. The van der Waals surface area contributed by atoms with Crippen molar-refractivity contribution in [2.75, 3.05) is 6.54 Å². The number of ether oxygens (including phenoxy) is 1. The van der Waals surface area contributed by atoms with Crippen LogP contribution in [-0.4, -0.2) is 24.5 Å². The zero-order chi connectivity index (χ0) is 16.7. The van der Waals surface area contributed by atoms with Crippen molar-refractivity contribution in [1.82, 2.24) is 5.32 Å². The molecular weight excluding hydrogens is 290 g/mol. The Kier molecular flexibility index (Phi) is 6.63. The first-order valence-electron chi connectivity index (χ1n) is 8.55. The molecule has 1 fully saturated rings. The number of hydrogen-bond acceptors (Lipinski definition) is 3. The van der Waals surface area contributed by atoms with Gasteiger partial charge in [-0.25, -0.2) is 0 Å². The normalized spacial score (nSPS) is 21.0. The molecule has 1 aliphatic carbocycles. The maximum absolute atomic E-state index is 11.9. The lowest BCUT2D eigenvalue weighted by Gasteiger charge is -2.28. The van der Waals surface area contributed by atoms with E-state index in [0.29, 0.717) is 18.3 Å². The van der Waals surface area contributed by atoms with Gasteiger partial charge in [0, 0.05) is 6.42 Å². The SMILES string of the molecule is CC(C)OC(=O)CNC(=O)CC1CCC(c2ccccc2)CC1. The second kappa shape index (κ2) is 8.70. The first kappa shape index (κ1) is 17.5. The summed E-state index contributed by atoms with van der Waals surface area (Å²) in [5.74, 6) is 0.627. The van der Waals surface area contributed by atoms with E-state index in [-0.39, 0.29) is 24.5 Å². The molecule has 126 valence electrons. The summed E-state index contributed by atoms with van der Waals surface area (Å²) in [5.41, 5.74) is 1.41. The van der Waals surface area contributed by atoms with Gasteiger partial charge in [-0.1, -0.05) is 30.3 Å². The summed E-state index contributed by atoms with van der Waals surface area (Å²) in [6.07, 6.45) is 4.78. The van der Waals surface area contributed by atoms with Crippen LogP contribution in [0, 0.1) is 5.92 Å². The molecule has 4 nitrogen and oxygen atoms in total. The van der Waals surface area contributed by atoms with Crippen LogP contribution in [0.15, 0.2) is 30.3 Å². The smallest absolute Gasteiger partial charge is 0.325 e. The van der Waals surface area contributed by atoms with Gasteiger partial charge < -0.3 is 10.1 Å². The van der Waals surface area contributed by atoms with Crippen LogP contribution < -0.4 is 5.32 Å². The summed E-state index contributed by atoms with van der Waals surface area (Å²) in [6.45, 7) is 3.56. The summed E-state index contributed by atoms with van der Waals surface area (Å²) in [4.78, 5) is 23.3. The van der Waals surface area contributed by atoms with Crippen LogP contribution in [0.2, 0.25) is 0 Å². The third-order valence-electron chi connectivity index (χ3n) is 4.39. The Morgan fingerprint density at radius 3 is 2.39 bits per heavy atom. The number of carbonyl (C=O) groups is 2. The molecule has 0 unspecified atom stereocenters. The molecule has 0 aliphatic heterocycles. The summed E-state index contributed by atoms with van der Waals surface area (Å²) in [6, 6.07) is 10.6. The number of benzene rings is 1. The Labute approximate surface area is 138 Å². The Hall–Kier alpha value is -1.84. The highest BCUT2D eigenvalue weighted by atomic mass is 16.5. The van der Waals surface area contributed by atoms with Crippen LogP contribution in [0.3, 0.4) is 0 Å². The van der Waals surface area contributed by atoms with Gasteiger partial charge in [0.2, 0.25) is 5.91 Å². The first-order valence-corrected chi connectivity index (χ1v) is 8.55. The van der Waals surface area contributed by atoms with E-state index >= 15 is 0 Å². The van der Waals surface area contributed by atoms with Gasteiger partial charge in [0.1, 0.15) is 6.54 Å². The molecule has 0 saturated heterocycles. The van der Waals surface area contributed by atoms with Crippen LogP contribution in [0.5, 0.6) is 0 Å². The lowest BCUT2D eigenvalue weighted by Crippen LogP contribution is -2.33. The molecule has 1 aromatic rings. The van der Waals surface area contributed by atoms with E-state index in [0.717, 1.165) is 25.7 Å². The average Bonchev–Trinajstić information content (AvgIpc) is 2.54. The fraction of sp³-hybridized carbons (Fsp3) is 0.579. The Balaban J connectivity index is 1.68. The molecule has 0 radical (unpaired) electrons. The third kappa shape index (κ3) is 6.05. The highest BCUT2D eigenvalue weighted by Crippen LogP contribution is 2.36. The minimum absolute atomic E-state index is 0.0314. The van der Waals surface area contributed by atoms with Gasteiger partial charge in [-0.05, 0) is 56.9 Å². The van der Waals surface area contributed by atoms with Crippen LogP contribution in [0.1, 0.15) is 57.4 Å². The summed E-state index contributed by atoms with van der Waals surface area (Å²) < 4.78 is 5.00. The molecule has 1 N–H and O–H groups in total. The van der Waals surface area contributed by atoms with Gasteiger partial charge in [0.25, 0.3) is 0 Å². The van der Waals surface area contributed by atoms with Gasteiger partial charge in [-0.3, -0.25) is 9.59 Å². The van der Waals surface area contributed by atoms with E-state index in [1.807, 2.05) is 6.07 Å². The summed E-state index contributed by atoms with van der Waals surface area (Å²) in [7, 11) is 0. The van der Waals surface area contributed by atoms with E-state index in [4.69, 9.17) is 4.74 Å². The molecule has 0 aromatic heterocycles. The van der Waals surface area contributed by atoms with Gasteiger partial charge in [0.15, 0.2) is 0 Å². The highest BCUT2D eigenvalue weighted by Gasteiger charge is 2.24. The molecule has 1 aromatic carbocycles. The fourth-order valence-corrected chi connectivity index (χ4v) is 3.23. The summed E-state index contributed by atoms with van der Waals surface area (Å²) in [5, 5.41) is 2.66. The van der Waals surface area contributed by atoms with Crippen LogP contribution in [0.4, 0.5) is 0 Å². The highest BCUT2D eigenvalue weighted by molar-refractivity contribution is 5.82. The quantitative estimate of drug-likeness (QED) is 0.818. The predicted octanol–water partition coefficient (Wildman–Crippen LogP) is 3.42. The van der Waals surface area contributed by atoms with Crippen molar-refractivity contribution in [2.24, 2.45) is 5.92 Å². The molecule has 1 aliphatic rings. The minimum Gasteiger partial charge on any atom is -0.462 e. The number of esters is 1. The van der Waals surface area contributed by atoms with Gasteiger partial charge >= 0.3 is 5.97 Å². The van der Waals surface area contributed by atoms with Crippen molar-refractivity contribution < 1.29 is 14.3 Å². The Bertz CT molecular complexity index is 505. The first-order chi connectivity index (χ1) is 11.0. The fourth-order valence-electron chi connectivity index (χ4n) is 3.23. The molecule has 1 saturated carbocycles. The van der Waals surface area contributed by atoms with Crippen LogP contribution in [0.25, 0.3) is 0 Å². The van der Waals surface area contributed by atoms with Crippen molar-refractivity contribution in [1.29, 1.82) is 0 Å². The number of hydrogen-bond donors (Lipinski definition) is 1. The molecule has 4 heteroatoms. The van der Waals surface area contributed by atoms with E-state index in [9.17, 15) is 9.59 Å². The van der Waals surface area contributed by atoms with Gasteiger partial charge in [-0.2, -0.15) is 0 Å². The van der Waals surface area contributed by atoms with Gasteiger partial charge in [0.05, 0.1) is 6.10 Å². The lowest BCUT2D eigenvalue weighted by molar-refractivity contribution is -0.147. The number of amides is 1. The second-order valence-electron chi connectivity index (χ2n) is 6.65. The van der Waals surface area contributed by atoms with Crippen LogP contribution >= 0.6 is 0 Å². The molecule has 23 heavy (non-hydrogen) atoms. The van der Waals surface area contributed by atoms with E-state index < -0.39 is 0 Å². The molecule has 0 spiro atoms. The van der Waals surface area contributed by atoms with E-state index in [1.54, 1.807) is 13.8 Å². The third-order valence-corrected chi connectivity index (χ3v) is 4.39. The average molecular weight is 317 g/mol. The second-order valence-corrected chi connectivity index (χ2v) is 6.65. The maximum Gasteiger partial charge on any atom is 0.325 e. The zero-order valence-electron chi connectivity index (χ0n) is 14.1. The van der Waals surface area contributed by atoms with Crippen molar-refractivity contribution in [3.05, 3.63) is 35.9 Å². The largest absolute Gasteiger partial charge is 0.462 e. The number of rotatable bonds is 6. The molecule has 2 rings (SSSR count).